The Balaban J connectivity index is 3.33. The zero-order valence-corrected chi connectivity index (χ0v) is 6.82. The smallest absolute Gasteiger partial charge is 0.208 e. The highest BCUT2D eigenvalue weighted by molar-refractivity contribution is 6.31. The molecule has 2 nitrogen and oxygen atoms in total. The fraction of sp³-hybridized carbons (Fsp3) is 0.143. The van der Waals surface area contributed by atoms with Gasteiger partial charge in [-0.3, -0.25) is 0 Å². The van der Waals surface area contributed by atoms with Crippen LogP contribution in [0.5, 0.6) is 0 Å². The molecule has 0 aromatic carbocycles. The average Bonchev–Trinajstić information content (AvgIpc) is 2.02. The third-order valence-corrected chi connectivity index (χ3v) is 1.61. The number of hydrogen-bond donors (Lipinski definition) is 0. The summed E-state index contributed by atoms with van der Waals surface area (Å²) in [6, 6.07) is 2.39. The van der Waals surface area contributed by atoms with Crippen LogP contribution in [0, 0.1) is 17.3 Å². The number of aromatic nitrogens is 1. The molecule has 1 aromatic rings. The van der Waals surface area contributed by atoms with Crippen LogP contribution in [0.3, 0.4) is 0 Å². The first-order chi connectivity index (χ1) is 6.06. The normalized spacial score (nSPS) is 10.2. The van der Waals surface area contributed by atoms with E-state index in [1.165, 1.54) is 6.07 Å². The third-order valence-electron chi connectivity index (χ3n) is 1.29. The Morgan fingerprint density at radius 1 is 1.54 bits per heavy atom. The minimum atomic E-state index is -3.03. The Kier molecular flexibility index (Phi) is 2.73. The van der Waals surface area contributed by atoms with Crippen LogP contribution in [0.4, 0.5) is 13.2 Å². The molecule has 0 atom stereocenters. The predicted molar refractivity (Wildman–Crippen MR) is 38.9 cm³/mol. The van der Waals surface area contributed by atoms with Crippen molar-refractivity contribution in [3.8, 4) is 6.07 Å². The number of hydrogen-bond acceptors (Lipinski definition) is 2. The number of halogens is 4. The summed E-state index contributed by atoms with van der Waals surface area (Å²) in [6.45, 7) is 0. The molecule has 6 heteroatoms. The number of pyridine rings is 1. The molecule has 0 saturated heterocycles. The average molecular weight is 207 g/mol. The number of nitrogens with zero attached hydrogens (tertiary/aromatic N) is 2. The Morgan fingerprint density at radius 2 is 2.15 bits per heavy atom. The van der Waals surface area contributed by atoms with Crippen molar-refractivity contribution >= 4 is 11.6 Å². The molecule has 1 rings (SSSR count). The summed E-state index contributed by atoms with van der Waals surface area (Å²) in [5.74, 6) is -1.40. The summed E-state index contributed by atoms with van der Waals surface area (Å²) in [5, 5.41) is 7.80. The van der Waals surface area contributed by atoms with Crippen molar-refractivity contribution in [3.63, 3.8) is 0 Å². The van der Waals surface area contributed by atoms with Crippen LogP contribution >= 0.6 is 11.6 Å². The van der Waals surface area contributed by atoms with Crippen molar-refractivity contribution in [3.05, 3.63) is 28.3 Å². The molecule has 0 bridgehead atoms. The second-order valence-corrected chi connectivity index (χ2v) is 2.51. The highest BCUT2D eigenvalue weighted by Crippen LogP contribution is 2.28. The fourth-order valence-electron chi connectivity index (χ4n) is 0.746. The van der Waals surface area contributed by atoms with Gasteiger partial charge in [0, 0.05) is 0 Å². The highest BCUT2D eigenvalue weighted by atomic mass is 35.5. The van der Waals surface area contributed by atoms with Crippen molar-refractivity contribution in [1.29, 1.82) is 5.26 Å². The molecule has 0 aliphatic heterocycles. The Morgan fingerprint density at radius 3 is 2.54 bits per heavy atom. The fourth-order valence-corrected chi connectivity index (χ4v) is 1.01. The summed E-state index contributed by atoms with van der Waals surface area (Å²) < 4.78 is 36.9. The maximum absolute atomic E-state index is 12.7. The van der Waals surface area contributed by atoms with Gasteiger partial charge in [-0.15, -0.1) is 0 Å². The summed E-state index contributed by atoms with van der Waals surface area (Å²) in [5.41, 5.74) is -1.30. The van der Waals surface area contributed by atoms with Crippen molar-refractivity contribution < 1.29 is 13.2 Å². The van der Waals surface area contributed by atoms with Crippen molar-refractivity contribution in [2.24, 2.45) is 0 Å². The van der Waals surface area contributed by atoms with E-state index in [9.17, 15) is 13.2 Å². The van der Waals surface area contributed by atoms with E-state index in [-0.39, 0.29) is 5.69 Å². The molecule has 0 radical (unpaired) electrons. The van der Waals surface area contributed by atoms with Gasteiger partial charge in [-0.1, -0.05) is 11.6 Å². The number of alkyl halides is 2. The van der Waals surface area contributed by atoms with Crippen molar-refractivity contribution in [2.75, 3.05) is 0 Å². The lowest BCUT2D eigenvalue weighted by Gasteiger charge is -2.03. The van der Waals surface area contributed by atoms with E-state index in [4.69, 9.17) is 16.9 Å². The van der Waals surface area contributed by atoms with Crippen LogP contribution in [0.1, 0.15) is 17.7 Å². The predicted octanol–water partition coefficient (Wildman–Crippen LogP) is 2.68. The van der Waals surface area contributed by atoms with Crippen LogP contribution in [0.2, 0.25) is 5.02 Å². The molecule has 0 amide bonds. The first-order valence-electron chi connectivity index (χ1n) is 3.10. The largest absolute Gasteiger partial charge is 0.269 e. The van der Waals surface area contributed by atoms with Gasteiger partial charge in [-0.2, -0.15) is 9.65 Å². The van der Waals surface area contributed by atoms with E-state index in [1.54, 1.807) is 0 Å². The molecule has 1 aromatic heterocycles. The van der Waals surface area contributed by atoms with E-state index >= 15 is 0 Å². The topological polar surface area (TPSA) is 36.7 Å². The third kappa shape index (κ3) is 1.90. The molecule has 0 saturated carbocycles. The highest BCUT2D eigenvalue weighted by Gasteiger charge is 2.19. The molecule has 0 unspecified atom stereocenters. The Hall–Kier alpha value is -1.28. The summed E-state index contributed by atoms with van der Waals surface area (Å²) >= 11 is 5.30. The van der Waals surface area contributed by atoms with Gasteiger partial charge < -0.3 is 0 Å². The molecule has 0 N–H and O–H groups in total. The standard InChI is InChI=1S/C7H2ClF3N2/c8-4-1-3(2-12)13-7(11)5(4)6(9)10/h1,6H. The minimum absolute atomic E-state index is 0.327. The number of nitriles is 1. The lowest BCUT2D eigenvalue weighted by molar-refractivity contribution is 0.145. The van der Waals surface area contributed by atoms with Gasteiger partial charge in [0.25, 0.3) is 6.43 Å². The Bertz CT molecular complexity index is 349. The molecule has 13 heavy (non-hydrogen) atoms. The van der Waals surface area contributed by atoms with E-state index < -0.39 is 23.0 Å². The first-order valence-corrected chi connectivity index (χ1v) is 3.48. The van der Waals surface area contributed by atoms with E-state index in [0.717, 1.165) is 6.07 Å². The van der Waals surface area contributed by atoms with Gasteiger partial charge in [0.15, 0.2) is 0 Å². The van der Waals surface area contributed by atoms with E-state index in [2.05, 4.69) is 4.98 Å². The van der Waals surface area contributed by atoms with Crippen molar-refractivity contribution in [1.82, 2.24) is 4.98 Å². The zero-order valence-electron chi connectivity index (χ0n) is 6.06. The molecule has 0 aliphatic carbocycles. The van der Waals surface area contributed by atoms with E-state index in [1.807, 2.05) is 0 Å². The maximum Gasteiger partial charge on any atom is 0.269 e. The van der Waals surface area contributed by atoms with Crippen LogP contribution in [-0.4, -0.2) is 4.98 Å². The summed E-state index contributed by atoms with van der Waals surface area (Å²) in [4.78, 5) is 2.98. The Labute approximate surface area is 76.6 Å². The van der Waals surface area contributed by atoms with E-state index in [0.29, 0.717) is 0 Å². The maximum atomic E-state index is 12.7. The second kappa shape index (κ2) is 3.62. The first kappa shape index (κ1) is 9.81. The zero-order chi connectivity index (χ0) is 10.0. The lowest BCUT2D eigenvalue weighted by atomic mass is 10.2. The van der Waals surface area contributed by atoms with Gasteiger partial charge in [0.1, 0.15) is 11.8 Å². The SMILES string of the molecule is N#Cc1cc(Cl)c(C(F)F)c(F)n1. The quantitative estimate of drug-likeness (QED) is 0.663. The van der Waals surface area contributed by atoms with Crippen LogP contribution in [-0.2, 0) is 0 Å². The van der Waals surface area contributed by atoms with Gasteiger partial charge in [-0.05, 0) is 6.07 Å². The molecular weight excluding hydrogens is 205 g/mol. The van der Waals surface area contributed by atoms with Crippen molar-refractivity contribution in [2.45, 2.75) is 6.43 Å². The molecule has 0 spiro atoms. The summed E-state index contributed by atoms with van der Waals surface area (Å²) in [7, 11) is 0. The number of rotatable bonds is 1. The minimum Gasteiger partial charge on any atom is -0.208 e. The van der Waals surface area contributed by atoms with Crippen LogP contribution in [0.15, 0.2) is 6.07 Å². The molecule has 68 valence electrons. The second-order valence-electron chi connectivity index (χ2n) is 2.11. The summed E-state index contributed by atoms with van der Waals surface area (Å²) in [6.07, 6.45) is -3.03. The monoisotopic (exact) mass is 206 g/mol. The van der Waals surface area contributed by atoms with Gasteiger partial charge in [0.05, 0.1) is 10.6 Å². The molecule has 0 aliphatic rings. The lowest BCUT2D eigenvalue weighted by Crippen LogP contribution is -1.98. The molecular formula is C7H2ClF3N2. The van der Waals surface area contributed by atoms with Gasteiger partial charge in [0.2, 0.25) is 5.95 Å². The van der Waals surface area contributed by atoms with Gasteiger partial charge in [-0.25, -0.2) is 13.8 Å². The van der Waals surface area contributed by atoms with Crippen LogP contribution in [0.25, 0.3) is 0 Å². The molecule has 1 heterocycles. The van der Waals surface area contributed by atoms with Gasteiger partial charge >= 0.3 is 0 Å². The van der Waals surface area contributed by atoms with Crippen LogP contribution < -0.4 is 0 Å². The molecule has 0 fully saturated rings.